The Labute approximate surface area is 163 Å². The van der Waals surface area contributed by atoms with Crippen LogP contribution in [-0.2, 0) is 25.5 Å². The lowest BCUT2D eigenvalue weighted by Gasteiger charge is -2.19. The SMILES string of the molecule is CC(C)OC(=O)[C@H](C)NC[C@@H](O)OCO[C@H](C)Cn1cnc2c(N)ncnc21. The molecule has 0 fully saturated rings. The van der Waals surface area contributed by atoms with E-state index in [1.807, 2.05) is 6.92 Å². The molecule has 0 unspecified atom stereocenters. The molecule has 0 bridgehead atoms. The molecule has 28 heavy (non-hydrogen) atoms. The van der Waals surface area contributed by atoms with Gasteiger partial charge in [-0.25, -0.2) is 15.0 Å². The number of aliphatic hydroxyl groups excluding tert-OH is 1. The van der Waals surface area contributed by atoms with Gasteiger partial charge in [0.2, 0.25) is 0 Å². The van der Waals surface area contributed by atoms with Gasteiger partial charge in [-0.15, -0.1) is 0 Å². The van der Waals surface area contributed by atoms with Crippen molar-refractivity contribution in [3.05, 3.63) is 12.7 Å². The van der Waals surface area contributed by atoms with Gasteiger partial charge in [0.05, 0.1) is 25.1 Å². The first-order valence-corrected chi connectivity index (χ1v) is 9.04. The molecule has 0 amide bonds. The number of aliphatic hydroxyl groups is 1. The van der Waals surface area contributed by atoms with Gasteiger partial charge < -0.3 is 29.6 Å². The van der Waals surface area contributed by atoms with Crippen LogP contribution in [0, 0.1) is 0 Å². The van der Waals surface area contributed by atoms with Crippen LogP contribution in [0.4, 0.5) is 5.82 Å². The number of nitrogens with one attached hydrogen (secondary N) is 1. The van der Waals surface area contributed by atoms with Crippen LogP contribution in [0.2, 0.25) is 0 Å². The number of rotatable bonds is 11. The number of fused-ring (bicyclic) bond motifs is 1. The third-order valence-electron chi connectivity index (χ3n) is 3.80. The van der Waals surface area contributed by atoms with Crippen molar-refractivity contribution >= 4 is 23.0 Å². The quantitative estimate of drug-likeness (QED) is 0.351. The first kappa shape index (κ1) is 22.0. The average molecular weight is 396 g/mol. The number of ether oxygens (including phenoxy) is 3. The molecule has 0 aliphatic rings. The minimum atomic E-state index is -1.12. The van der Waals surface area contributed by atoms with E-state index in [9.17, 15) is 9.90 Å². The second-order valence-corrected chi connectivity index (χ2v) is 6.66. The highest BCUT2D eigenvalue weighted by atomic mass is 16.7. The van der Waals surface area contributed by atoms with Crippen molar-refractivity contribution in [2.45, 2.75) is 58.8 Å². The number of carbonyl (C=O) groups is 1. The van der Waals surface area contributed by atoms with Gasteiger partial charge in [0.25, 0.3) is 0 Å². The fourth-order valence-corrected chi connectivity index (χ4v) is 2.35. The zero-order chi connectivity index (χ0) is 20.7. The molecule has 4 N–H and O–H groups in total. The topological polar surface area (TPSA) is 147 Å². The molecule has 0 spiro atoms. The number of hydrogen-bond acceptors (Lipinski definition) is 10. The first-order valence-electron chi connectivity index (χ1n) is 9.04. The Kier molecular flexibility index (Phi) is 8.05. The largest absolute Gasteiger partial charge is 0.462 e. The van der Waals surface area contributed by atoms with E-state index in [2.05, 4.69) is 20.3 Å². The number of carbonyl (C=O) groups excluding carboxylic acids is 1. The summed E-state index contributed by atoms with van der Waals surface area (Å²) in [5.74, 6) is -0.0631. The smallest absolute Gasteiger partial charge is 0.323 e. The number of anilines is 1. The number of nitrogen functional groups attached to an aromatic ring is 1. The van der Waals surface area contributed by atoms with E-state index in [1.165, 1.54) is 6.33 Å². The molecule has 2 heterocycles. The van der Waals surface area contributed by atoms with Crippen LogP contribution in [0.1, 0.15) is 27.7 Å². The fourth-order valence-electron chi connectivity index (χ4n) is 2.35. The number of esters is 1. The Hall–Kier alpha value is -2.34. The van der Waals surface area contributed by atoms with Crippen molar-refractivity contribution in [3.8, 4) is 0 Å². The van der Waals surface area contributed by atoms with E-state index in [4.69, 9.17) is 19.9 Å². The van der Waals surface area contributed by atoms with E-state index in [0.29, 0.717) is 23.5 Å². The molecular formula is C17H28N6O5. The highest BCUT2D eigenvalue weighted by molar-refractivity contribution is 5.81. The third-order valence-corrected chi connectivity index (χ3v) is 3.80. The molecule has 2 aromatic rings. The van der Waals surface area contributed by atoms with E-state index in [-0.39, 0.29) is 31.5 Å². The minimum absolute atomic E-state index is 0.0639. The van der Waals surface area contributed by atoms with Crippen LogP contribution in [-0.4, -0.2) is 68.5 Å². The van der Waals surface area contributed by atoms with Crippen LogP contribution in [0.3, 0.4) is 0 Å². The van der Waals surface area contributed by atoms with E-state index >= 15 is 0 Å². The van der Waals surface area contributed by atoms with Crippen LogP contribution < -0.4 is 11.1 Å². The van der Waals surface area contributed by atoms with Gasteiger partial charge >= 0.3 is 5.97 Å². The van der Waals surface area contributed by atoms with Gasteiger partial charge in [0.1, 0.15) is 24.7 Å². The number of nitrogens with zero attached hydrogens (tertiary/aromatic N) is 4. The minimum Gasteiger partial charge on any atom is -0.462 e. The molecule has 0 aliphatic heterocycles. The van der Waals surface area contributed by atoms with E-state index < -0.39 is 12.3 Å². The highest BCUT2D eigenvalue weighted by Gasteiger charge is 2.17. The molecule has 156 valence electrons. The van der Waals surface area contributed by atoms with Crippen molar-refractivity contribution in [2.24, 2.45) is 0 Å². The summed E-state index contributed by atoms with van der Waals surface area (Å²) in [4.78, 5) is 23.9. The average Bonchev–Trinajstić information content (AvgIpc) is 3.03. The van der Waals surface area contributed by atoms with Gasteiger partial charge in [-0.1, -0.05) is 0 Å². The second kappa shape index (κ2) is 10.3. The molecule has 2 rings (SSSR count). The fraction of sp³-hybridized carbons (Fsp3) is 0.647. The normalized spacial score (nSPS) is 14.9. The summed E-state index contributed by atoms with van der Waals surface area (Å²) in [6.07, 6.45) is 1.46. The Balaban J connectivity index is 1.69. The predicted octanol–water partition coefficient (Wildman–Crippen LogP) is 0.0358. The molecule has 11 heteroatoms. The standard InChI is InChI=1S/C17H28N6O5/c1-10(2)28-17(25)12(4)19-5-13(24)27-9-26-11(3)6-23-8-22-14-15(18)20-7-21-16(14)23/h7-8,10-13,19,24H,5-6,9H2,1-4H3,(H2,18,20,21)/t11-,12+,13+/m1/s1. The summed E-state index contributed by atoms with van der Waals surface area (Å²) in [6, 6.07) is -0.551. The maximum atomic E-state index is 11.7. The molecule has 0 saturated carbocycles. The number of hydrogen-bond donors (Lipinski definition) is 3. The van der Waals surface area contributed by atoms with Gasteiger partial charge in [-0.3, -0.25) is 10.1 Å². The van der Waals surface area contributed by atoms with Crippen LogP contribution in [0.25, 0.3) is 11.2 Å². The van der Waals surface area contributed by atoms with E-state index in [1.54, 1.807) is 31.7 Å². The molecule has 0 aliphatic carbocycles. The lowest BCUT2D eigenvalue weighted by Crippen LogP contribution is -2.41. The van der Waals surface area contributed by atoms with Crippen molar-refractivity contribution < 1.29 is 24.1 Å². The summed E-state index contributed by atoms with van der Waals surface area (Å²) in [6.45, 7) is 7.48. The second-order valence-electron chi connectivity index (χ2n) is 6.66. The van der Waals surface area contributed by atoms with Gasteiger partial charge in [-0.2, -0.15) is 0 Å². The zero-order valence-corrected chi connectivity index (χ0v) is 16.5. The summed E-state index contributed by atoms with van der Waals surface area (Å²) in [5.41, 5.74) is 6.93. The highest BCUT2D eigenvalue weighted by Crippen LogP contribution is 2.14. The van der Waals surface area contributed by atoms with E-state index in [0.717, 1.165) is 0 Å². The summed E-state index contributed by atoms with van der Waals surface area (Å²) in [5, 5.41) is 12.7. The maximum absolute atomic E-state index is 11.7. The van der Waals surface area contributed by atoms with Crippen molar-refractivity contribution in [3.63, 3.8) is 0 Å². The summed E-state index contributed by atoms with van der Waals surface area (Å²) < 4.78 is 17.6. The Bertz CT molecular complexity index is 768. The Morgan fingerprint density at radius 3 is 2.71 bits per heavy atom. The van der Waals surface area contributed by atoms with Gasteiger partial charge in [0.15, 0.2) is 17.8 Å². The molecule has 0 saturated heterocycles. The van der Waals surface area contributed by atoms with Gasteiger partial charge in [-0.05, 0) is 27.7 Å². The monoisotopic (exact) mass is 396 g/mol. The molecular weight excluding hydrogens is 368 g/mol. The number of aromatic nitrogens is 4. The van der Waals surface area contributed by atoms with Crippen LogP contribution >= 0.6 is 0 Å². The molecule has 2 aromatic heterocycles. The van der Waals surface area contributed by atoms with Gasteiger partial charge in [0, 0.05) is 6.54 Å². The first-order chi connectivity index (χ1) is 13.3. The molecule has 0 aromatic carbocycles. The van der Waals surface area contributed by atoms with Crippen LogP contribution in [0.15, 0.2) is 12.7 Å². The van der Waals surface area contributed by atoms with Crippen LogP contribution in [0.5, 0.6) is 0 Å². The lowest BCUT2D eigenvalue weighted by molar-refractivity contribution is -0.181. The van der Waals surface area contributed by atoms with Crippen molar-refractivity contribution in [1.29, 1.82) is 0 Å². The molecule has 3 atom stereocenters. The zero-order valence-electron chi connectivity index (χ0n) is 16.5. The Morgan fingerprint density at radius 2 is 2.00 bits per heavy atom. The number of nitrogens with two attached hydrogens (primary N) is 1. The number of imidazole rings is 1. The predicted molar refractivity (Wildman–Crippen MR) is 101 cm³/mol. The maximum Gasteiger partial charge on any atom is 0.323 e. The molecule has 0 radical (unpaired) electrons. The summed E-state index contributed by atoms with van der Waals surface area (Å²) >= 11 is 0. The summed E-state index contributed by atoms with van der Waals surface area (Å²) in [7, 11) is 0. The van der Waals surface area contributed by atoms with Crippen molar-refractivity contribution in [1.82, 2.24) is 24.8 Å². The van der Waals surface area contributed by atoms with Crippen molar-refractivity contribution in [2.75, 3.05) is 19.1 Å². The molecule has 11 nitrogen and oxygen atoms in total. The Morgan fingerprint density at radius 1 is 1.25 bits per heavy atom. The lowest BCUT2D eigenvalue weighted by atomic mass is 10.3. The third kappa shape index (κ3) is 6.37.